The highest BCUT2D eigenvalue weighted by atomic mass is 19.4. The zero-order valence-electron chi connectivity index (χ0n) is 22.0. The van der Waals surface area contributed by atoms with Crippen LogP contribution in [0.2, 0.25) is 0 Å². The molecule has 2 fully saturated rings. The van der Waals surface area contributed by atoms with Crippen molar-refractivity contribution in [1.29, 1.82) is 0 Å². The normalized spacial score (nSPS) is 17.7. The van der Waals surface area contributed by atoms with Crippen LogP contribution in [-0.2, 0) is 25.2 Å². The molecule has 3 aromatic rings. The maximum Gasteiger partial charge on any atom is 0.420 e. The summed E-state index contributed by atoms with van der Waals surface area (Å²) in [6.45, 7) is 2.26. The summed E-state index contributed by atoms with van der Waals surface area (Å²) in [6.07, 6.45) is 0.295. The van der Waals surface area contributed by atoms with Gasteiger partial charge in [0.05, 0.1) is 13.2 Å². The van der Waals surface area contributed by atoms with Crippen LogP contribution in [-0.4, -0.2) is 50.6 Å². The van der Waals surface area contributed by atoms with Crippen LogP contribution >= 0.6 is 0 Å². The van der Waals surface area contributed by atoms with Gasteiger partial charge in [0.2, 0.25) is 0 Å². The van der Waals surface area contributed by atoms with E-state index in [2.05, 4.69) is 0 Å². The molecule has 0 saturated carbocycles. The third kappa shape index (κ3) is 8.95. The molecule has 3 aromatic carbocycles. The van der Waals surface area contributed by atoms with Crippen molar-refractivity contribution in [1.82, 2.24) is 0 Å². The predicted molar refractivity (Wildman–Crippen MR) is 144 cm³/mol. The SMILES string of the molecule is O=C(/C=C/c1ccc(OCC2CO2)cc1)Oc1ccc(OC(=O)/C=C/c2ccc(OCC3CO3)cc2)c(C(F)(F)F)c1. The highest BCUT2D eigenvalue weighted by Gasteiger charge is 2.35. The van der Waals surface area contributed by atoms with Gasteiger partial charge >= 0.3 is 18.1 Å². The quantitative estimate of drug-likeness (QED) is 0.120. The van der Waals surface area contributed by atoms with Gasteiger partial charge in [-0.1, -0.05) is 24.3 Å². The Morgan fingerprint density at radius 2 is 1.17 bits per heavy atom. The summed E-state index contributed by atoms with van der Waals surface area (Å²) in [4.78, 5) is 24.5. The van der Waals surface area contributed by atoms with Crippen molar-refractivity contribution in [2.24, 2.45) is 0 Å². The number of esters is 2. The maximum absolute atomic E-state index is 13.7. The van der Waals surface area contributed by atoms with Crippen LogP contribution in [0.4, 0.5) is 13.2 Å². The fourth-order valence-electron chi connectivity index (χ4n) is 3.56. The molecule has 2 heterocycles. The zero-order valence-corrected chi connectivity index (χ0v) is 22.0. The summed E-state index contributed by atoms with van der Waals surface area (Å²) in [5.41, 5.74) is -0.00521. The first-order chi connectivity index (χ1) is 20.2. The molecule has 42 heavy (non-hydrogen) atoms. The minimum atomic E-state index is -4.88. The third-order valence-corrected chi connectivity index (χ3v) is 5.95. The molecular weight excluding hydrogens is 557 g/mol. The molecule has 0 amide bonds. The molecule has 11 heteroatoms. The molecule has 8 nitrogen and oxygen atoms in total. The van der Waals surface area contributed by atoms with Gasteiger partial charge in [0.15, 0.2) is 0 Å². The van der Waals surface area contributed by atoms with E-state index in [4.69, 9.17) is 28.4 Å². The van der Waals surface area contributed by atoms with Gasteiger partial charge < -0.3 is 28.4 Å². The Balaban J connectivity index is 1.16. The van der Waals surface area contributed by atoms with Crippen LogP contribution in [0.3, 0.4) is 0 Å². The molecule has 0 aliphatic carbocycles. The van der Waals surface area contributed by atoms with E-state index in [1.54, 1.807) is 48.5 Å². The first-order valence-corrected chi connectivity index (χ1v) is 12.9. The van der Waals surface area contributed by atoms with Crippen LogP contribution in [0.15, 0.2) is 78.9 Å². The van der Waals surface area contributed by atoms with E-state index in [1.165, 1.54) is 12.2 Å². The second-order valence-electron chi connectivity index (χ2n) is 9.34. The van der Waals surface area contributed by atoms with Crippen molar-refractivity contribution in [3.05, 3.63) is 95.6 Å². The molecule has 5 rings (SSSR count). The summed E-state index contributed by atoms with van der Waals surface area (Å²) >= 11 is 0. The predicted octanol–water partition coefficient (Wildman–Crippen LogP) is 5.50. The number of hydrogen-bond acceptors (Lipinski definition) is 8. The second kappa shape index (κ2) is 12.9. The minimum absolute atomic E-state index is 0.112. The summed E-state index contributed by atoms with van der Waals surface area (Å²) in [7, 11) is 0. The summed E-state index contributed by atoms with van der Waals surface area (Å²) < 4.78 is 72.4. The van der Waals surface area contributed by atoms with Gasteiger partial charge in [-0.3, -0.25) is 0 Å². The van der Waals surface area contributed by atoms with Crippen molar-refractivity contribution in [3.63, 3.8) is 0 Å². The zero-order chi connectivity index (χ0) is 29.5. The van der Waals surface area contributed by atoms with Crippen LogP contribution in [0, 0.1) is 0 Å². The van der Waals surface area contributed by atoms with Crippen LogP contribution in [0.25, 0.3) is 12.2 Å². The lowest BCUT2D eigenvalue weighted by molar-refractivity contribution is -0.141. The molecule has 218 valence electrons. The van der Waals surface area contributed by atoms with Crippen molar-refractivity contribution in [2.45, 2.75) is 18.4 Å². The Morgan fingerprint density at radius 1 is 0.714 bits per heavy atom. The van der Waals surface area contributed by atoms with E-state index < -0.39 is 29.4 Å². The lowest BCUT2D eigenvalue weighted by Crippen LogP contribution is -2.13. The summed E-state index contributed by atoms with van der Waals surface area (Å²) in [6, 6.07) is 16.2. The van der Waals surface area contributed by atoms with Gasteiger partial charge in [-0.05, 0) is 65.7 Å². The Morgan fingerprint density at radius 3 is 1.62 bits per heavy atom. The van der Waals surface area contributed by atoms with E-state index >= 15 is 0 Å². The lowest BCUT2D eigenvalue weighted by Gasteiger charge is -2.13. The smallest absolute Gasteiger partial charge is 0.420 e. The molecule has 2 atom stereocenters. The molecule has 2 aliphatic heterocycles. The lowest BCUT2D eigenvalue weighted by atomic mass is 10.1. The van der Waals surface area contributed by atoms with Gasteiger partial charge in [-0.15, -0.1) is 0 Å². The van der Waals surface area contributed by atoms with Gasteiger partial charge in [0.25, 0.3) is 0 Å². The fourth-order valence-corrected chi connectivity index (χ4v) is 3.56. The molecule has 0 aromatic heterocycles. The molecule has 2 saturated heterocycles. The van der Waals surface area contributed by atoms with Crippen LogP contribution in [0.1, 0.15) is 16.7 Å². The Kier molecular flexibility index (Phi) is 8.89. The summed E-state index contributed by atoms with van der Waals surface area (Å²) in [5.74, 6) is -1.74. The van der Waals surface area contributed by atoms with Crippen molar-refractivity contribution < 1.29 is 51.2 Å². The number of carbonyl (C=O) groups excluding carboxylic acids is 2. The van der Waals surface area contributed by atoms with E-state index in [-0.39, 0.29) is 18.0 Å². The second-order valence-corrected chi connectivity index (χ2v) is 9.34. The Hall–Kier alpha value is -4.61. The molecule has 0 N–H and O–H groups in total. The third-order valence-electron chi connectivity index (χ3n) is 5.95. The molecule has 2 aliphatic rings. The van der Waals surface area contributed by atoms with Gasteiger partial charge in [0.1, 0.15) is 54.0 Å². The average Bonchev–Trinajstić information content (AvgIpc) is 3.90. The van der Waals surface area contributed by atoms with Crippen molar-refractivity contribution >= 4 is 24.1 Å². The Bertz CT molecular complexity index is 1450. The van der Waals surface area contributed by atoms with Crippen LogP contribution in [0.5, 0.6) is 23.0 Å². The Labute approximate surface area is 238 Å². The number of halogens is 3. The fraction of sp³-hybridized carbons (Fsp3) is 0.226. The molecule has 0 bridgehead atoms. The average molecular weight is 583 g/mol. The van der Waals surface area contributed by atoms with E-state index in [0.29, 0.717) is 55.1 Å². The number of epoxide rings is 2. The largest absolute Gasteiger partial charge is 0.491 e. The first kappa shape index (κ1) is 28.9. The van der Waals surface area contributed by atoms with Crippen LogP contribution < -0.4 is 18.9 Å². The number of alkyl halides is 3. The van der Waals surface area contributed by atoms with Crippen molar-refractivity contribution in [2.75, 3.05) is 26.4 Å². The van der Waals surface area contributed by atoms with E-state index in [9.17, 15) is 22.8 Å². The first-order valence-electron chi connectivity index (χ1n) is 12.9. The number of ether oxygens (including phenoxy) is 6. The molecule has 0 spiro atoms. The topological polar surface area (TPSA) is 96.1 Å². The molecule has 2 unspecified atom stereocenters. The summed E-state index contributed by atoms with van der Waals surface area (Å²) in [5, 5.41) is 0. The molecule has 0 radical (unpaired) electrons. The van der Waals surface area contributed by atoms with Crippen molar-refractivity contribution in [3.8, 4) is 23.0 Å². The van der Waals surface area contributed by atoms with Gasteiger partial charge in [0, 0.05) is 12.2 Å². The number of carbonyl (C=O) groups is 2. The van der Waals surface area contributed by atoms with E-state index in [1.807, 2.05) is 0 Å². The van der Waals surface area contributed by atoms with E-state index in [0.717, 1.165) is 24.3 Å². The monoisotopic (exact) mass is 582 g/mol. The number of hydrogen-bond donors (Lipinski definition) is 0. The standard InChI is InChI=1S/C31H25F3O8/c32-31(33,34)27-15-24(41-29(35)13-5-20-1-7-22(8-2-20)37-16-25-18-39-25)11-12-28(27)42-30(36)14-6-21-3-9-23(10-4-21)38-17-26-19-40-26/h1-15,25-26H,16-19H2/b13-5+,14-6+. The van der Waals surface area contributed by atoms with Gasteiger partial charge in [-0.2, -0.15) is 13.2 Å². The van der Waals surface area contributed by atoms with Gasteiger partial charge in [-0.25, -0.2) is 9.59 Å². The minimum Gasteiger partial charge on any atom is -0.491 e. The maximum atomic E-state index is 13.7. The number of rotatable bonds is 12. The molecular formula is C31H25F3O8. The number of benzene rings is 3. The highest BCUT2D eigenvalue weighted by molar-refractivity contribution is 5.90. The highest BCUT2D eigenvalue weighted by Crippen LogP contribution is 2.38.